The van der Waals surface area contributed by atoms with Crippen molar-refractivity contribution in [3.05, 3.63) is 35.4 Å². The van der Waals surface area contributed by atoms with E-state index in [1.165, 1.54) is 12.1 Å². The first-order valence-corrected chi connectivity index (χ1v) is 14.0. The minimum Gasteiger partial charge on any atom is -0.462 e. The molecule has 0 saturated carbocycles. The number of nitrogens with zero attached hydrogens (tertiary/aromatic N) is 2. The topological polar surface area (TPSA) is 128 Å². The van der Waals surface area contributed by atoms with Crippen LogP contribution >= 0.6 is 0 Å². The quantitative estimate of drug-likeness (QED) is 0.389. The molecule has 10 heteroatoms. The zero-order chi connectivity index (χ0) is 31.0. The fourth-order valence-corrected chi connectivity index (χ4v) is 6.31. The van der Waals surface area contributed by atoms with E-state index in [4.69, 9.17) is 15.9 Å². The number of piperidine rings is 2. The van der Waals surface area contributed by atoms with Crippen molar-refractivity contribution in [1.82, 2.24) is 15.4 Å². The molecule has 3 rings (SSSR count). The number of carbonyl (C=O) groups excluding carboxylic acids is 3. The minimum atomic E-state index is -1.33. The molecule has 2 fully saturated rings. The summed E-state index contributed by atoms with van der Waals surface area (Å²) in [4.78, 5) is 39.6. The van der Waals surface area contributed by atoms with E-state index in [-0.39, 0.29) is 5.56 Å². The average molecular weight is 570 g/mol. The van der Waals surface area contributed by atoms with Crippen LogP contribution in [0.2, 0.25) is 0 Å². The lowest BCUT2D eigenvalue weighted by Crippen LogP contribution is -2.60. The summed E-state index contributed by atoms with van der Waals surface area (Å²) in [6, 6.07) is 4.92. The van der Waals surface area contributed by atoms with Crippen molar-refractivity contribution >= 4 is 17.8 Å². The second-order valence-electron chi connectivity index (χ2n) is 13.8. The molecule has 2 radical (unpaired) electrons. The lowest BCUT2D eigenvalue weighted by atomic mass is 9.80. The van der Waals surface area contributed by atoms with Crippen LogP contribution in [0.5, 0.6) is 0 Å². The molecule has 0 spiro atoms. The van der Waals surface area contributed by atoms with Crippen LogP contribution in [-0.4, -0.2) is 68.4 Å². The fourth-order valence-electron chi connectivity index (χ4n) is 6.31. The molecule has 2 heterocycles. The minimum absolute atomic E-state index is 0.253. The van der Waals surface area contributed by atoms with Gasteiger partial charge in [-0.3, -0.25) is 9.59 Å². The van der Waals surface area contributed by atoms with Crippen molar-refractivity contribution in [2.24, 2.45) is 0 Å². The van der Waals surface area contributed by atoms with Crippen molar-refractivity contribution in [3.8, 4) is 12.3 Å². The molecule has 1 amide bonds. The van der Waals surface area contributed by atoms with Gasteiger partial charge in [-0.05, 0) is 79.7 Å². The summed E-state index contributed by atoms with van der Waals surface area (Å²) in [5.74, 6) is 0.411. The first-order valence-electron chi connectivity index (χ1n) is 14.0. The first-order chi connectivity index (χ1) is 18.8. The van der Waals surface area contributed by atoms with Crippen LogP contribution in [0.15, 0.2) is 24.3 Å². The van der Waals surface area contributed by atoms with Gasteiger partial charge in [0.15, 0.2) is 0 Å². The average Bonchev–Trinajstić information content (AvgIpc) is 2.84. The molecule has 0 aromatic heterocycles. The number of hydrogen-bond acceptors (Lipinski definition) is 7. The predicted molar refractivity (Wildman–Crippen MR) is 150 cm³/mol. The molecule has 1 atom stereocenters. The SMILES string of the molecule is C#Cc1ccc(C(=O)N[C@@H](CC(=O)OC2CC(C)(C)N([O])C(C)(C)C2)C(=O)OC2CC(C)(C)N([O])C(C)(C)C2)cc1. The van der Waals surface area contributed by atoms with Gasteiger partial charge in [0.25, 0.3) is 5.91 Å². The van der Waals surface area contributed by atoms with Gasteiger partial charge in [0.05, 0.1) is 6.42 Å². The second kappa shape index (κ2) is 11.7. The van der Waals surface area contributed by atoms with Crippen molar-refractivity contribution in [1.29, 1.82) is 0 Å². The van der Waals surface area contributed by atoms with Crippen molar-refractivity contribution in [2.45, 2.75) is 128 Å². The standard InChI is InChI=1S/C31H43N3O7/c1-10-20-11-13-21(14-12-20)26(36)32-24(27(37)41-23-18-30(6,7)34(39)31(8,9)19-23)15-25(35)40-22-16-28(2,3)33(38)29(4,5)17-22/h1,11-14,22-24H,15-19H2,2-9H3,(H,32,36)/t24-/m0/s1. The largest absolute Gasteiger partial charge is 0.462 e. The molecule has 1 aromatic rings. The van der Waals surface area contributed by atoms with Crippen molar-refractivity contribution in [3.63, 3.8) is 0 Å². The number of esters is 2. The highest BCUT2D eigenvalue weighted by Crippen LogP contribution is 2.39. The zero-order valence-corrected chi connectivity index (χ0v) is 25.4. The number of carbonyl (C=O) groups is 3. The molecule has 1 N–H and O–H groups in total. The second-order valence-corrected chi connectivity index (χ2v) is 13.8. The van der Waals surface area contributed by atoms with E-state index in [9.17, 15) is 24.8 Å². The molecular formula is C31H43N3O7. The van der Waals surface area contributed by atoms with Crippen LogP contribution in [0.25, 0.3) is 0 Å². The van der Waals surface area contributed by atoms with Gasteiger partial charge in [-0.2, -0.15) is 0 Å². The van der Waals surface area contributed by atoms with Crippen LogP contribution in [0.1, 0.15) is 103 Å². The van der Waals surface area contributed by atoms with E-state index >= 15 is 0 Å². The Labute approximate surface area is 243 Å². The number of amides is 1. The molecule has 41 heavy (non-hydrogen) atoms. The number of ether oxygens (including phenoxy) is 2. The summed E-state index contributed by atoms with van der Waals surface area (Å²) >= 11 is 0. The van der Waals surface area contributed by atoms with Crippen LogP contribution in [0, 0.1) is 12.3 Å². The van der Waals surface area contributed by atoms with Crippen LogP contribution < -0.4 is 5.32 Å². The third-order valence-electron chi connectivity index (χ3n) is 7.96. The van der Waals surface area contributed by atoms with E-state index in [0.717, 1.165) is 10.1 Å². The third-order valence-corrected chi connectivity index (χ3v) is 7.96. The Bertz CT molecular complexity index is 1150. The van der Waals surface area contributed by atoms with E-state index < -0.39 is 64.7 Å². The summed E-state index contributed by atoms with van der Waals surface area (Å²) in [5, 5.41) is 30.1. The molecule has 2 saturated heterocycles. The molecule has 10 nitrogen and oxygen atoms in total. The van der Waals surface area contributed by atoms with Crippen molar-refractivity contribution in [2.75, 3.05) is 0 Å². The molecular weight excluding hydrogens is 526 g/mol. The Morgan fingerprint density at radius 2 is 1.24 bits per heavy atom. The van der Waals surface area contributed by atoms with Gasteiger partial charge in [-0.1, -0.05) is 5.92 Å². The summed E-state index contributed by atoms with van der Waals surface area (Å²) in [7, 11) is 0. The number of hydroxylamine groups is 4. The molecule has 0 bridgehead atoms. The van der Waals surface area contributed by atoms with E-state index in [1.807, 2.05) is 0 Å². The Morgan fingerprint density at radius 3 is 1.66 bits per heavy atom. The maximum atomic E-state index is 13.4. The fraction of sp³-hybridized carbons (Fsp3) is 0.645. The highest BCUT2D eigenvalue weighted by atomic mass is 16.6. The number of rotatable bonds is 7. The zero-order valence-electron chi connectivity index (χ0n) is 25.4. The molecule has 2 aliphatic heterocycles. The van der Waals surface area contributed by atoms with Gasteiger partial charge in [0, 0.05) is 59.0 Å². The maximum absolute atomic E-state index is 13.4. The summed E-state index contributed by atoms with van der Waals surface area (Å²) in [5.41, 5.74) is -2.22. The number of hydrogen-bond donors (Lipinski definition) is 1. The monoisotopic (exact) mass is 569 g/mol. The van der Waals surface area contributed by atoms with Gasteiger partial charge >= 0.3 is 11.9 Å². The van der Waals surface area contributed by atoms with Gasteiger partial charge in [0.1, 0.15) is 18.2 Å². The summed E-state index contributed by atoms with van der Waals surface area (Å²) < 4.78 is 11.6. The van der Waals surface area contributed by atoms with E-state index in [2.05, 4.69) is 11.2 Å². The summed E-state index contributed by atoms with van der Waals surface area (Å²) in [6.45, 7) is 14.3. The highest BCUT2D eigenvalue weighted by molar-refractivity contribution is 5.97. The lowest BCUT2D eigenvalue weighted by Gasteiger charge is -2.49. The molecule has 0 unspecified atom stereocenters. The number of nitrogens with one attached hydrogen (secondary N) is 1. The predicted octanol–water partition coefficient (Wildman–Crippen LogP) is 3.98. The van der Waals surface area contributed by atoms with Gasteiger partial charge in [-0.25, -0.2) is 4.79 Å². The molecule has 224 valence electrons. The Morgan fingerprint density at radius 1 is 0.829 bits per heavy atom. The van der Waals surface area contributed by atoms with Gasteiger partial charge < -0.3 is 14.8 Å². The van der Waals surface area contributed by atoms with E-state index in [1.54, 1.807) is 67.5 Å². The molecule has 1 aromatic carbocycles. The smallest absolute Gasteiger partial charge is 0.329 e. The number of terminal acetylenes is 1. The van der Waals surface area contributed by atoms with Crippen LogP contribution in [-0.2, 0) is 29.5 Å². The van der Waals surface area contributed by atoms with Crippen LogP contribution in [0.3, 0.4) is 0 Å². The molecule has 0 aliphatic carbocycles. The Kier molecular flexibility index (Phi) is 9.31. The lowest BCUT2D eigenvalue weighted by molar-refractivity contribution is -0.299. The van der Waals surface area contributed by atoms with Gasteiger partial charge in [-0.15, -0.1) is 27.0 Å². The first kappa shape index (κ1) is 32.5. The normalized spacial score (nSPS) is 23.1. The number of benzene rings is 1. The highest BCUT2D eigenvalue weighted by Gasteiger charge is 2.49. The summed E-state index contributed by atoms with van der Waals surface area (Å²) in [6.07, 6.45) is 5.05. The maximum Gasteiger partial charge on any atom is 0.329 e. The molecule has 2 aliphatic rings. The third kappa shape index (κ3) is 7.66. The van der Waals surface area contributed by atoms with Gasteiger partial charge in [0.2, 0.25) is 0 Å². The van der Waals surface area contributed by atoms with E-state index in [0.29, 0.717) is 31.2 Å². The van der Waals surface area contributed by atoms with Crippen molar-refractivity contribution < 1.29 is 34.3 Å². The Hall–Kier alpha value is -2.97. The van der Waals surface area contributed by atoms with Crippen LogP contribution in [0.4, 0.5) is 0 Å². The Balaban J connectivity index is 1.78.